The highest BCUT2D eigenvalue weighted by molar-refractivity contribution is 8.18. The van der Waals surface area contributed by atoms with Gasteiger partial charge in [0, 0.05) is 6.08 Å². The first-order chi connectivity index (χ1) is 18.0. The van der Waals surface area contributed by atoms with Gasteiger partial charge in [-0.1, -0.05) is 0 Å². The van der Waals surface area contributed by atoms with Gasteiger partial charge in [0.15, 0.2) is 14.6 Å². The molecule has 1 aliphatic heterocycles. The van der Waals surface area contributed by atoms with Gasteiger partial charge in [0.25, 0.3) is 5.91 Å². The van der Waals surface area contributed by atoms with E-state index in [-0.39, 0.29) is 11.9 Å². The third-order valence-electron chi connectivity index (χ3n) is 4.97. The summed E-state index contributed by atoms with van der Waals surface area (Å²) in [7, 11) is 0. The maximum atomic E-state index is 12.5. The zero-order valence-corrected chi connectivity index (χ0v) is 22.3. The SMILES string of the molecule is CCOC(=O)c1ccc(N=C2NC(=O)/C(=C/c3ccc(Sc4nc5ccc(OCC)cc5s4)o3)S2)cc1. The van der Waals surface area contributed by atoms with Crippen LogP contribution < -0.4 is 10.1 Å². The van der Waals surface area contributed by atoms with Crippen LogP contribution in [0.5, 0.6) is 5.75 Å². The summed E-state index contributed by atoms with van der Waals surface area (Å²) in [5.41, 5.74) is 1.96. The van der Waals surface area contributed by atoms with Gasteiger partial charge in [-0.2, -0.15) is 0 Å². The molecule has 1 aliphatic rings. The number of esters is 1. The number of nitrogens with zero attached hydrogens (tertiary/aromatic N) is 2. The summed E-state index contributed by atoms with van der Waals surface area (Å²) in [4.78, 5) is 33.8. The van der Waals surface area contributed by atoms with Crippen molar-refractivity contribution in [3.8, 4) is 5.75 Å². The molecule has 0 unspecified atom stereocenters. The molecule has 0 saturated carbocycles. The standard InChI is InChI=1S/C26H21N3O5S3/c1-3-32-17-9-11-19-20(13-17)36-26(28-19)37-22-12-10-18(34-22)14-21-23(30)29-25(35-21)27-16-7-5-15(6-8-16)24(31)33-4-2/h5-14H,3-4H2,1-2H3,(H,27,29,30)/b21-14-. The number of furan rings is 1. The highest BCUT2D eigenvalue weighted by Gasteiger charge is 2.24. The Morgan fingerprint density at radius 2 is 1.97 bits per heavy atom. The predicted octanol–water partition coefficient (Wildman–Crippen LogP) is 6.51. The van der Waals surface area contributed by atoms with E-state index in [4.69, 9.17) is 13.9 Å². The fourth-order valence-electron chi connectivity index (χ4n) is 3.35. The van der Waals surface area contributed by atoms with Crippen LogP contribution in [0.15, 0.2) is 78.3 Å². The average Bonchev–Trinajstić information content (AvgIpc) is 3.58. The second-order valence-electron chi connectivity index (χ2n) is 7.55. The van der Waals surface area contributed by atoms with Crippen LogP contribution in [-0.4, -0.2) is 35.2 Å². The van der Waals surface area contributed by atoms with Crippen molar-refractivity contribution in [1.82, 2.24) is 10.3 Å². The number of carbonyl (C=O) groups is 2. The van der Waals surface area contributed by atoms with Gasteiger partial charge in [-0.3, -0.25) is 4.79 Å². The first-order valence-electron chi connectivity index (χ1n) is 11.4. The van der Waals surface area contributed by atoms with Gasteiger partial charge in [0.1, 0.15) is 11.5 Å². The number of carbonyl (C=O) groups excluding carboxylic acids is 2. The smallest absolute Gasteiger partial charge is 0.338 e. The van der Waals surface area contributed by atoms with Crippen molar-refractivity contribution in [2.75, 3.05) is 13.2 Å². The van der Waals surface area contributed by atoms with Crippen molar-refractivity contribution in [2.45, 2.75) is 23.3 Å². The van der Waals surface area contributed by atoms with Crippen molar-refractivity contribution in [2.24, 2.45) is 4.99 Å². The lowest BCUT2D eigenvalue weighted by Gasteiger charge is -2.02. The molecule has 1 fully saturated rings. The summed E-state index contributed by atoms with van der Waals surface area (Å²) in [6.45, 7) is 4.64. The Hall–Kier alpha value is -3.54. The first-order valence-corrected chi connectivity index (χ1v) is 13.8. The zero-order valence-electron chi connectivity index (χ0n) is 19.8. The fraction of sp³-hybridized carbons (Fsp3) is 0.154. The van der Waals surface area contributed by atoms with Gasteiger partial charge in [-0.25, -0.2) is 14.8 Å². The monoisotopic (exact) mass is 551 g/mol. The Morgan fingerprint density at radius 3 is 2.76 bits per heavy atom. The molecule has 0 atom stereocenters. The number of thiazole rings is 1. The molecular formula is C26H21N3O5S3. The van der Waals surface area contributed by atoms with E-state index >= 15 is 0 Å². The van der Waals surface area contributed by atoms with Crippen LogP contribution in [0.25, 0.3) is 16.3 Å². The van der Waals surface area contributed by atoms with Crippen LogP contribution in [0, 0.1) is 0 Å². The van der Waals surface area contributed by atoms with Gasteiger partial charge in [0.2, 0.25) is 0 Å². The molecule has 8 nitrogen and oxygen atoms in total. The van der Waals surface area contributed by atoms with E-state index in [2.05, 4.69) is 15.3 Å². The molecule has 2 aromatic carbocycles. The largest absolute Gasteiger partial charge is 0.494 e. The lowest BCUT2D eigenvalue weighted by molar-refractivity contribution is -0.115. The van der Waals surface area contributed by atoms with Gasteiger partial charge >= 0.3 is 5.97 Å². The normalized spacial score (nSPS) is 15.5. The molecule has 0 bridgehead atoms. The quantitative estimate of drug-likeness (QED) is 0.195. The van der Waals surface area contributed by atoms with Crippen molar-refractivity contribution in [3.05, 3.63) is 70.8 Å². The minimum absolute atomic E-state index is 0.256. The van der Waals surface area contributed by atoms with Gasteiger partial charge < -0.3 is 19.2 Å². The number of fused-ring (bicyclic) bond motifs is 1. The summed E-state index contributed by atoms with van der Waals surface area (Å²) in [5, 5.41) is 3.88. The Morgan fingerprint density at radius 1 is 1.14 bits per heavy atom. The summed E-state index contributed by atoms with van der Waals surface area (Å²) in [6.07, 6.45) is 1.68. The first kappa shape index (κ1) is 25.1. The number of ether oxygens (including phenoxy) is 2. The molecule has 3 heterocycles. The molecule has 0 aliphatic carbocycles. The fourth-order valence-corrected chi connectivity index (χ4v) is 6.17. The maximum Gasteiger partial charge on any atom is 0.338 e. The van der Waals surface area contributed by atoms with Crippen LogP contribution in [-0.2, 0) is 9.53 Å². The summed E-state index contributed by atoms with van der Waals surface area (Å²) in [5.74, 6) is 0.741. The summed E-state index contributed by atoms with van der Waals surface area (Å²) >= 11 is 4.21. The van der Waals surface area contributed by atoms with Crippen molar-refractivity contribution in [3.63, 3.8) is 0 Å². The molecule has 0 radical (unpaired) electrons. The van der Waals surface area contributed by atoms with E-state index in [0.29, 0.717) is 45.4 Å². The van der Waals surface area contributed by atoms with E-state index in [9.17, 15) is 9.59 Å². The van der Waals surface area contributed by atoms with E-state index in [1.165, 1.54) is 23.5 Å². The highest BCUT2D eigenvalue weighted by Crippen LogP contribution is 2.37. The number of benzene rings is 2. The molecule has 11 heteroatoms. The molecule has 0 spiro atoms. The number of nitrogens with one attached hydrogen (secondary N) is 1. The van der Waals surface area contributed by atoms with E-state index in [1.54, 1.807) is 48.6 Å². The second kappa shape index (κ2) is 11.2. The second-order valence-corrected chi connectivity index (χ2v) is 10.9. The molecule has 1 amide bonds. The number of thioether (sulfide) groups is 1. The third-order valence-corrected chi connectivity index (χ3v) is 7.88. The molecule has 5 rings (SSSR count). The van der Waals surface area contributed by atoms with Crippen LogP contribution in [0.2, 0.25) is 0 Å². The van der Waals surface area contributed by atoms with Crippen LogP contribution in [0.4, 0.5) is 5.69 Å². The molecule has 37 heavy (non-hydrogen) atoms. The number of rotatable bonds is 8. The topological polar surface area (TPSA) is 103 Å². The highest BCUT2D eigenvalue weighted by atomic mass is 32.2. The number of amidine groups is 1. The summed E-state index contributed by atoms with van der Waals surface area (Å²) in [6, 6.07) is 16.2. The predicted molar refractivity (Wildman–Crippen MR) is 147 cm³/mol. The van der Waals surface area contributed by atoms with E-state index < -0.39 is 0 Å². The van der Waals surface area contributed by atoms with Crippen LogP contribution >= 0.6 is 34.9 Å². The number of aliphatic imine (C=N–C) groups is 1. The number of hydrogen-bond acceptors (Lipinski definition) is 10. The summed E-state index contributed by atoms with van der Waals surface area (Å²) < 4.78 is 18.4. The maximum absolute atomic E-state index is 12.5. The van der Waals surface area contributed by atoms with Gasteiger partial charge in [-0.15, -0.1) is 11.3 Å². The molecule has 2 aromatic heterocycles. The zero-order chi connectivity index (χ0) is 25.8. The molecule has 1 N–H and O–H groups in total. The van der Waals surface area contributed by atoms with E-state index in [1.807, 2.05) is 37.3 Å². The van der Waals surface area contributed by atoms with E-state index in [0.717, 1.165) is 20.3 Å². The van der Waals surface area contributed by atoms with Gasteiger partial charge in [-0.05, 0) is 92.0 Å². The number of amides is 1. The number of hydrogen-bond donors (Lipinski definition) is 1. The minimum atomic E-state index is -0.384. The third kappa shape index (κ3) is 6.07. The Bertz CT molecular complexity index is 1520. The molecule has 4 aromatic rings. The molecule has 1 saturated heterocycles. The van der Waals surface area contributed by atoms with Gasteiger partial charge in [0.05, 0.1) is 39.6 Å². The molecule has 188 valence electrons. The van der Waals surface area contributed by atoms with Crippen LogP contribution in [0.3, 0.4) is 0 Å². The molecular weight excluding hydrogens is 531 g/mol. The van der Waals surface area contributed by atoms with Crippen molar-refractivity contribution in [1.29, 1.82) is 0 Å². The average molecular weight is 552 g/mol. The Balaban J connectivity index is 1.25. The van der Waals surface area contributed by atoms with Crippen molar-refractivity contribution >= 4 is 73.9 Å². The Labute approximate surface area is 225 Å². The lowest BCUT2D eigenvalue weighted by Crippen LogP contribution is -2.19. The van der Waals surface area contributed by atoms with Crippen LogP contribution in [0.1, 0.15) is 30.0 Å². The lowest BCUT2D eigenvalue weighted by atomic mass is 10.2. The van der Waals surface area contributed by atoms with Crippen molar-refractivity contribution < 1.29 is 23.5 Å². The Kier molecular flexibility index (Phi) is 7.63. The minimum Gasteiger partial charge on any atom is -0.494 e. The number of aromatic nitrogens is 1.